The summed E-state index contributed by atoms with van der Waals surface area (Å²) in [5.74, 6) is 0.970. The Morgan fingerprint density at radius 1 is 1.33 bits per heavy atom. The molecule has 1 unspecified atom stereocenters. The highest BCUT2D eigenvalue weighted by atomic mass is 35.5. The lowest BCUT2D eigenvalue weighted by atomic mass is 9.96. The molecule has 0 amide bonds. The van der Waals surface area contributed by atoms with Crippen molar-refractivity contribution in [2.24, 2.45) is 0 Å². The lowest BCUT2D eigenvalue weighted by Gasteiger charge is -2.22. The largest absolute Gasteiger partial charge is 0.488 e. The van der Waals surface area contributed by atoms with Crippen molar-refractivity contribution >= 4 is 17.4 Å². The van der Waals surface area contributed by atoms with Gasteiger partial charge in [0.2, 0.25) is 0 Å². The van der Waals surface area contributed by atoms with Gasteiger partial charge in [0.1, 0.15) is 17.6 Å². The first-order chi connectivity index (χ1) is 7.25. The first-order valence-electron chi connectivity index (χ1n) is 5.18. The molecular weight excluding hydrogens is 212 g/mol. The second kappa shape index (κ2) is 4.67. The number of halogens is 1. The van der Waals surface area contributed by atoms with E-state index in [2.05, 4.69) is 0 Å². The van der Waals surface area contributed by atoms with E-state index in [0.717, 1.165) is 12.8 Å². The molecule has 1 fully saturated rings. The molecule has 0 saturated heterocycles. The number of ketones is 1. The molecule has 1 saturated carbocycles. The molecule has 1 atom stereocenters. The predicted molar refractivity (Wildman–Crippen MR) is 59.3 cm³/mol. The topological polar surface area (TPSA) is 26.3 Å². The van der Waals surface area contributed by atoms with E-state index in [0.29, 0.717) is 29.4 Å². The number of hydrogen-bond acceptors (Lipinski definition) is 2. The fraction of sp³-hybridized carbons (Fsp3) is 0.417. The average molecular weight is 225 g/mol. The molecule has 0 bridgehead atoms. The summed E-state index contributed by atoms with van der Waals surface area (Å²) in [6.45, 7) is 0. The number of carbonyl (C=O) groups excluding carboxylic acids is 1. The van der Waals surface area contributed by atoms with E-state index in [9.17, 15) is 4.79 Å². The minimum Gasteiger partial charge on any atom is -0.488 e. The van der Waals surface area contributed by atoms with Crippen LogP contribution in [0.15, 0.2) is 24.3 Å². The van der Waals surface area contributed by atoms with Crippen molar-refractivity contribution in [1.82, 2.24) is 0 Å². The monoisotopic (exact) mass is 224 g/mol. The Morgan fingerprint density at radius 3 is 2.87 bits per heavy atom. The highest BCUT2D eigenvalue weighted by molar-refractivity contribution is 6.32. The molecule has 1 aromatic carbocycles. The van der Waals surface area contributed by atoms with Gasteiger partial charge in [0.15, 0.2) is 0 Å². The van der Waals surface area contributed by atoms with Crippen LogP contribution >= 0.6 is 11.6 Å². The number of para-hydroxylation sites is 1. The van der Waals surface area contributed by atoms with Crippen LogP contribution in [-0.2, 0) is 4.79 Å². The van der Waals surface area contributed by atoms with Crippen LogP contribution in [0.3, 0.4) is 0 Å². The van der Waals surface area contributed by atoms with Crippen molar-refractivity contribution < 1.29 is 9.53 Å². The van der Waals surface area contributed by atoms with Crippen LogP contribution in [0, 0.1) is 0 Å². The Bertz CT molecular complexity index is 362. The number of rotatable bonds is 2. The predicted octanol–water partition coefficient (Wildman–Crippen LogP) is 3.23. The molecule has 0 aliphatic heterocycles. The Balaban J connectivity index is 2.02. The van der Waals surface area contributed by atoms with Crippen LogP contribution in [0.2, 0.25) is 5.02 Å². The van der Waals surface area contributed by atoms with Gasteiger partial charge in [-0.05, 0) is 25.0 Å². The van der Waals surface area contributed by atoms with E-state index in [1.807, 2.05) is 18.2 Å². The lowest BCUT2D eigenvalue weighted by Crippen LogP contribution is -2.25. The molecule has 15 heavy (non-hydrogen) atoms. The third kappa shape index (κ3) is 2.72. The van der Waals surface area contributed by atoms with Crippen molar-refractivity contribution in [1.29, 1.82) is 0 Å². The van der Waals surface area contributed by atoms with Gasteiger partial charge in [0, 0.05) is 12.8 Å². The molecular formula is C12H13ClO2. The number of carbonyl (C=O) groups is 1. The van der Waals surface area contributed by atoms with Gasteiger partial charge in [-0.15, -0.1) is 0 Å². The Labute approximate surface area is 94.2 Å². The van der Waals surface area contributed by atoms with Crippen molar-refractivity contribution in [2.45, 2.75) is 31.8 Å². The summed E-state index contributed by atoms with van der Waals surface area (Å²) in [7, 11) is 0. The second-order valence-corrected chi connectivity index (χ2v) is 4.21. The van der Waals surface area contributed by atoms with E-state index in [1.165, 1.54) is 0 Å². The molecule has 2 rings (SSSR count). The Kier molecular flexibility index (Phi) is 3.27. The summed E-state index contributed by atoms with van der Waals surface area (Å²) in [5, 5.41) is 0.607. The van der Waals surface area contributed by atoms with Crippen LogP contribution in [0.5, 0.6) is 5.75 Å². The van der Waals surface area contributed by atoms with Crippen LogP contribution in [-0.4, -0.2) is 11.9 Å². The van der Waals surface area contributed by atoms with Gasteiger partial charge in [-0.3, -0.25) is 4.79 Å². The normalized spacial score (nSPS) is 21.4. The standard InChI is InChI=1S/C12H13ClO2/c13-11-6-1-2-7-12(11)15-10-5-3-4-9(14)8-10/h1-2,6-7,10H,3-5,8H2. The van der Waals surface area contributed by atoms with Crippen molar-refractivity contribution in [2.75, 3.05) is 0 Å². The van der Waals surface area contributed by atoms with Gasteiger partial charge in [0.05, 0.1) is 5.02 Å². The fourth-order valence-corrected chi connectivity index (χ4v) is 1.99. The van der Waals surface area contributed by atoms with Crippen LogP contribution in [0.1, 0.15) is 25.7 Å². The minimum absolute atomic E-state index is 0.00569. The number of benzene rings is 1. The van der Waals surface area contributed by atoms with E-state index in [-0.39, 0.29) is 6.10 Å². The molecule has 0 spiro atoms. The third-order valence-corrected chi connectivity index (χ3v) is 2.88. The SMILES string of the molecule is O=C1CCCC(Oc2ccccc2Cl)C1. The zero-order valence-electron chi connectivity index (χ0n) is 8.41. The maximum Gasteiger partial charge on any atom is 0.138 e. The minimum atomic E-state index is 0.00569. The van der Waals surface area contributed by atoms with E-state index < -0.39 is 0 Å². The highest BCUT2D eigenvalue weighted by Crippen LogP contribution is 2.27. The third-order valence-electron chi connectivity index (χ3n) is 2.57. The zero-order valence-corrected chi connectivity index (χ0v) is 9.17. The first kappa shape index (κ1) is 10.5. The van der Waals surface area contributed by atoms with Crippen molar-refractivity contribution in [3.8, 4) is 5.75 Å². The maximum atomic E-state index is 11.2. The van der Waals surface area contributed by atoms with Gasteiger partial charge in [-0.1, -0.05) is 23.7 Å². The average Bonchev–Trinajstić information content (AvgIpc) is 2.22. The van der Waals surface area contributed by atoms with E-state index >= 15 is 0 Å². The van der Waals surface area contributed by atoms with Crippen molar-refractivity contribution in [3.63, 3.8) is 0 Å². The Hall–Kier alpha value is -1.02. The van der Waals surface area contributed by atoms with Gasteiger partial charge < -0.3 is 4.74 Å². The number of hydrogen-bond donors (Lipinski definition) is 0. The number of ether oxygens (including phenoxy) is 1. The molecule has 80 valence electrons. The van der Waals surface area contributed by atoms with E-state index in [1.54, 1.807) is 6.07 Å². The Morgan fingerprint density at radius 2 is 2.13 bits per heavy atom. The molecule has 1 aliphatic rings. The zero-order chi connectivity index (χ0) is 10.7. The van der Waals surface area contributed by atoms with Gasteiger partial charge in [0.25, 0.3) is 0 Å². The smallest absolute Gasteiger partial charge is 0.138 e. The summed E-state index contributed by atoms with van der Waals surface area (Å²) in [4.78, 5) is 11.2. The van der Waals surface area contributed by atoms with Crippen LogP contribution in [0.4, 0.5) is 0 Å². The van der Waals surface area contributed by atoms with Gasteiger partial charge >= 0.3 is 0 Å². The summed E-state index contributed by atoms with van der Waals surface area (Å²) in [6.07, 6.45) is 3.09. The summed E-state index contributed by atoms with van der Waals surface area (Å²) >= 11 is 5.97. The van der Waals surface area contributed by atoms with Gasteiger partial charge in [-0.2, -0.15) is 0 Å². The van der Waals surface area contributed by atoms with Gasteiger partial charge in [-0.25, -0.2) is 0 Å². The second-order valence-electron chi connectivity index (χ2n) is 3.81. The molecule has 0 radical (unpaired) electrons. The lowest BCUT2D eigenvalue weighted by molar-refractivity contribution is -0.122. The number of Topliss-reactive ketones (excluding diaryl/α,β-unsaturated/α-hetero) is 1. The molecule has 1 aromatic rings. The van der Waals surface area contributed by atoms with Crippen molar-refractivity contribution in [3.05, 3.63) is 29.3 Å². The van der Waals surface area contributed by atoms with Crippen LogP contribution in [0.25, 0.3) is 0 Å². The highest BCUT2D eigenvalue weighted by Gasteiger charge is 2.21. The molecule has 0 heterocycles. The molecule has 3 heteroatoms. The molecule has 0 N–H and O–H groups in total. The first-order valence-corrected chi connectivity index (χ1v) is 5.56. The fourth-order valence-electron chi connectivity index (χ4n) is 1.81. The summed E-state index contributed by atoms with van der Waals surface area (Å²) in [6, 6.07) is 7.37. The maximum absolute atomic E-state index is 11.2. The molecule has 0 aromatic heterocycles. The summed E-state index contributed by atoms with van der Waals surface area (Å²) in [5.41, 5.74) is 0. The van der Waals surface area contributed by atoms with Crippen LogP contribution < -0.4 is 4.74 Å². The van der Waals surface area contributed by atoms with E-state index in [4.69, 9.17) is 16.3 Å². The summed E-state index contributed by atoms with van der Waals surface area (Å²) < 4.78 is 5.70. The quantitative estimate of drug-likeness (QED) is 0.771. The molecule has 1 aliphatic carbocycles. The molecule has 2 nitrogen and oxygen atoms in total.